The third-order valence-electron chi connectivity index (χ3n) is 5.40. The zero-order valence-electron chi connectivity index (χ0n) is 17.7. The van der Waals surface area contributed by atoms with Crippen molar-refractivity contribution >= 4 is 17.0 Å². The standard InChI is InChI=1S/C22H26N4O5/c1-15-5-6-26(8-7-25-9-11-30-12-10-25)22(28)20(15)21(27)23-14-19-24-17-13-16(29-2)3-4-18(17)31-19/h3-6,13H,7-12,14H2,1-2H3,(H,23,27). The van der Waals surface area contributed by atoms with Crippen LogP contribution in [-0.4, -0.2) is 60.3 Å². The highest BCUT2D eigenvalue weighted by molar-refractivity contribution is 5.95. The molecular weight excluding hydrogens is 400 g/mol. The van der Waals surface area contributed by atoms with Crippen molar-refractivity contribution in [3.8, 4) is 5.75 Å². The quantitative estimate of drug-likeness (QED) is 0.612. The lowest BCUT2D eigenvalue weighted by molar-refractivity contribution is 0.0362. The van der Waals surface area contributed by atoms with Gasteiger partial charge in [0.25, 0.3) is 11.5 Å². The molecule has 0 bridgehead atoms. The third-order valence-corrected chi connectivity index (χ3v) is 5.40. The van der Waals surface area contributed by atoms with Crippen molar-refractivity contribution in [2.24, 2.45) is 0 Å². The van der Waals surface area contributed by atoms with Gasteiger partial charge in [-0.2, -0.15) is 0 Å². The SMILES string of the molecule is COc1ccc2oc(CNC(=O)c3c(C)ccn(CCN4CCOCC4)c3=O)nc2c1. The molecule has 0 atom stereocenters. The summed E-state index contributed by atoms with van der Waals surface area (Å²) in [5.41, 5.74) is 1.72. The number of nitrogens with zero attached hydrogens (tertiary/aromatic N) is 3. The Balaban J connectivity index is 1.44. The number of hydrogen-bond donors (Lipinski definition) is 1. The van der Waals surface area contributed by atoms with Gasteiger partial charge in [0.15, 0.2) is 5.58 Å². The van der Waals surface area contributed by atoms with E-state index in [0.29, 0.717) is 48.1 Å². The summed E-state index contributed by atoms with van der Waals surface area (Å²) in [7, 11) is 1.58. The molecule has 3 aromatic rings. The number of carbonyl (C=O) groups is 1. The number of methoxy groups -OCH3 is 1. The number of hydrogen-bond acceptors (Lipinski definition) is 7. The van der Waals surface area contributed by atoms with Crippen LogP contribution in [0.2, 0.25) is 0 Å². The van der Waals surface area contributed by atoms with Crippen LogP contribution in [0.4, 0.5) is 0 Å². The summed E-state index contributed by atoms with van der Waals surface area (Å²) >= 11 is 0. The van der Waals surface area contributed by atoms with Crippen LogP contribution >= 0.6 is 0 Å². The molecule has 3 heterocycles. The number of amides is 1. The minimum atomic E-state index is -0.442. The summed E-state index contributed by atoms with van der Waals surface area (Å²) in [6, 6.07) is 7.10. The molecule has 2 aromatic heterocycles. The number of morpholine rings is 1. The van der Waals surface area contributed by atoms with Crippen molar-refractivity contribution in [2.75, 3.05) is 40.0 Å². The molecule has 164 valence electrons. The van der Waals surface area contributed by atoms with E-state index in [0.717, 1.165) is 19.6 Å². The van der Waals surface area contributed by atoms with E-state index < -0.39 is 5.91 Å². The monoisotopic (exact) mass is 426 g/mol. The summed E-state index contributed by atoms with van der Waals surface area (Å²) in [5, 5.41) is 2.75. The second-order valence-electron chi connectivity index (χ2n) is 7.45. The number of fused-ring (bicyclic) bond motifs is 1. The molecule has 0 unspecified atom stereocenters. The van der Waals surface area contributed by atoms with E-state index in [1.165, 1.54) is 0 Å². The van der Waals surface area contributed by atoms with E-state index in [-0.39, 0.29) is 17.7 Å². The zero-order valence-corrected chi connectivity index (χ0v) is 17.7. The molecule has 1 amide bonds. The minimum Gasteiger partial charge on any atom is -0.497 e. The van der Waals surface area contributed by atoms with Crippen molar-refractivity contribution in [1.29, 1.82) is 0 Å². The fourth-order valence-corrected chi connectivity index (χ4v) is 3.59. The minimum absolute atomic E-state index is 0.0807. The molecular formula is C22H26N4O5. The summed E-state index contributed by atoms with van der Waals surface area (Å²) < 4.78 is 17.8. The van der Waals surface area contributed by atoms with Crippen molar-refractivity contribution in [3.63, 3.8) is 0 Å². The number of nitrogens with one attached hydrogen (secondary N) is 1. The highest BCUT2D eigenvalue weighted by Crippen LogP contribution is 2.21. The van der Waals surface area contributed by atoms with Gasteiger partial charge >= 0.3 is 0 Å². The second-order valence-corrected chi connectivity index (χ2v) is 7.45. The first-order valence-corrected chi connectivity index (χ1v) is 10.3. The van der Waals surface area contributed by atoms with Gasteiger partial charge in [-0.25, -0.2) is 4.98 Å². The van der Waals surface area contributed by atoms with Crippen LogP contribution in [0.1, 0.15) is 21.8 Å². The molecule has 1 fully saturated rings. The van der Waals surface area contributed by atoms with Crippen LogP contribution in [0.15, 0.2) is 39.7 Å². The van der Waals surface area contributed by atoms with Gasteiger partial charge in [-0.15, -0.1) is 0 Å². The normalized spacial score (nSPS) is 14.6. The first-order chi connectivity index (χ1) is 15.0. The molecule has 0 aliphatic carbocycles. The summed E-state index contributed by atoms with van der Waals surface area (Å²) in [4.78, 5) is 32.3. The predicted molar refractivity (Wildman–Crippen MR) is 114 cm³/mol. The van der Waals surface area contributed by atoms with E-state index in [2.05, 4.69) is 15.2 Å². The van der Waals surface area contributed by atoms with E-state index in [1.54, 1.807) is 49.1 Å². The van der Waals surface area contributed by atoms with Crippen LogP contribution in [0.3, 0.4) is 0 Å². The molecule has 31 heavy (non-hydrogen) atoms. The fourth-order valence-electron chi connectivity index (χ4n) is 3.59. The average molecular weight is 426 g/mol. The highest BCUT2D eigenvalue weighted by atomic mass is 16.5. The molecule has 4 rings (SSSR count). The third kappa shape index (κ3) is 4.78. The van der Waals surface area contributed by atoms with Gasteiger partial charge in [-0.05, 0) is 30.7 Å². The van der Waals surface area contributed by atoms with Crippen LogP contribution in [0, 0.1) is 6.92 Å². The van der Waals surface area contributed by atoms with Gasteiger partial charge in [0.05, 0.1) is 26.9 Å². The molecule has 0 spiro atoms. The van der Waals surface area contributed by atoms with Crippen molar-refractivity contribution in [2.45, 2.75) is 20.0 Å². The molecule has 1 N–H and O–H groups in total. The maximum atomic E-state index is 12.9. The molecule has 1 aromatic carbocycles. The first kappa shape index (κ1) is 21.1. The lowest BCUT2D eigenvalue weighted by Gasteiger charge is -2.26. The van der Waals surface area contributed by atoms with Gasteiger partial charge in [-0.3, -0.25) is 14.5 Å². The fraction of sp³-hybridized carbons (Fsp3) is 0.409. The smallest absolute Gasteiger partial charge is 0.263 e. The Morgan fingerprint density at radius 3 is 2.81 bits per heavy atom. The maximum Gasteiger partial charge on any atom is 0.263 e. The summed E-state index contributed by atoms with van der Waals surface area (Å²) in [5.74, 6) is 0.592. The van der Waals surface area contributed by atoms with Crippen LogP contribution in [0.5, 0.6) is 5.75 Å². The Morgan fingerprint density at radius 1 is 1.23 bits per heavy atom. The summed E-state index contributed by atoms with van der Waals surface area (Å²) in [6.07, 6.45) is 1.74. The van der Waals surface area contributed by atoms with Gasteiger partial charge in [-0.1, -0.05) is 0 Å². The number of aromatic nitrogens is 2. The molecule has 9 heteroatoms. The number of aryl methyl sites for hydroxylation is 1. The molecule has 0 saturated carbocycles. The summed E-state index contributed by atoms with van der Waals surface area (Å²) in [6.45, 7) is 6.21. The Hall–Kier alpha value is -3.17. The van der Waals surface area contributed by atoms with Crippen LogP contribution in [-0.2, 0) is 17.8 Å². The Kier molecular flexibility index (Phi) is 6.34. The lowest BCUT2D eigenvalue weighted by atomic mass is 10.1. The second kappa shape index (κ2) is 9.32. The molecule has 1 saturated heterocycles. The maximum absolute atomic E-state index is 12.9. The van der Waals surface area contributed by atoms with E-state index in [4.69, 9.17) is 13.9 Å². The number of benzene rings is 1. The van der Waals surface area contributed by atoms with Crippen molar-refractivity contribution < 1.29 is 18.7 Å². The highest BCUT2D eigenvalue weighted by Gasteiger charge is 2.18. The molecule has 9 nitrogen and oxygen atoms in total. The van der Waals surface area contributed by atoms with Crippen LogP contribution < -0.4 is 15.6 Å². The van der Waals surface area contributed by atoms with Crippen molar-refractivity contribution in [3.05, 3.63) is 57.8 Å². The first-order valence-electron chi connectivity index (χ1n) is 10.3. The molecule has 0 radical (unpaired) electrons. The number of pyridine rings is 1. The number of oxazole rings is 1. The van der Waals surface area contributed by atoms with E-state index in [1.807, 2.05) is 0 Å². The predicted octanol–water partition coefficient (Wildman–Crippen LogP) is 1.57. The van der Waals surface area contributed by atoms with Gasteiger partial charge in [0, 0.05) is 38.4 Å². The molecule has 1 aliphatic heterocycles. The molecule has 1 aliphatic rings. The average Bonchev–Trinajstić information content (AvgIpc) is 3.20. The number of carbonyl (C=O) groups excluding carboxylic acids is 1. The Labute approximate surface area is 179 Å². The van der Waals surface area contributed by atoms with Gasteiger partial charge in [0.2, 0.25) is 5.89 Å². The lowest BCUT2D eigenvalue weighted by Crippen LogP contribution is -2.40. The topological polar surface area (TPSA) is 98.8 Å². The Bertz CT molecular complexity index is 1130. The van der Waals surface area contributed by atoms with Gasteiger partial charge < -0.3 is 23.8 Å². The number of rotatable bonds is 7. The van der Waals surface area contributed by atoms with E-state index in [9.17, 15) is 9.59 Å². The number of ether oxygens (including phenoxy) is 2. The van der Waals surface area contributed by atoms with E-state index >= 15 is 0 Å². The largest absolute Gasteiger partial charge is 0.497 e. The van der Waals surface area contributed by atoms with Gasteiger partial charge in [0.1, 0.15) is 16.8 Å². The van der Waals surface area contributed by atoms with Crippen molar-refractivity contribution in [1.82, 2.24) is 19.8 Å². The zero-order chi connectivity index (χ0) is 21.8. The Morgan fingerprint density at radius 2 is 2.03 bits per heavy atom. The van der Waals surface area contributed by atoms with Crippen LogP contribution in [0.25, 0.3) is 11.1 Å².